The summed E-state index contributed by atoms with van der Waals surface area (Å²) in [6.07, 6.45) is 1.73. The molecule has 0 aromatic heterocycles. The van der Waals surface area contributed by atoms with Gasteiger partial charge in [-0.1, -0.05) is 23.7 Å². The summed E-state index contributed by atoms with van der Waals surface area (Å²) in [6.45, 7) is 0.648. The fourth-order valence-electron chi connectivity index (χ4n) is 1.24. The Balaban J connectivity index is 2.49. The molecule has 72 valence electrons. The Kier molecular flexibility index (Phi) is 4.22. The molecule has 13 heavy (non-hydrogen) atoms. The lowest BCUT2D eigenvalue weighted by molar-refractivity contribution is 0.619. The molecule has 1 aromatic rings. The van der Waals surface area contributed by atoms with Gasteiger partial charge in [-0.3, -0.25) is 0 Å². The van der Waals surface area contributed by atoms with Crippen LogP contribution in [0.2, 0.25) is 5.02 Å². The average Bonchev–Trinajstić information content (AvgIpc) is 2.09. The maximum absolute atomic E-state index is 5.84. The van der Waals surface area contributed by atoms with Gasteiger partial charge in [-0.2, -0.15) is 0 Å². The van der Waals surface area contributed by atoms with E-state index < -0.39 is 0 Å². The second-order valence-electron chi connectivity index (χ2n) is 3.17. The lowest BCUT2D eigenvalue weighted by Crippen LogP contribution is -2.25. The van der Waals surface area contributed by atoms with Crippen molar-refractivity contribution in [3.05, 3.63) is 34.9 Å². The molecule has 1 rings (SSSR count). The standard InChI is InChI=1S/C10H15ClN2/c11-9-3-1-8(2-4-9)7-10(13)5-6-12/h1-4,10H,5-7,12-13H2. The molecule has 1 aromatic carbocycles. The van der Waals surface area contributed by atoms with Crippen LogP contribution in [-0.2, 0) is 6.42 Å². The second kappa shape index (κ2) is 5.22. The average molecular weight is 199 g/mol. The smallest absolute Gasteiger partial charge is 0.0406 e. The SMILES string of the molecule is NCCC(N)Cc1ccc(Cl)cc1. The number of halogens is 1. The molecular weight excluding hydrogens is 184 g/mol. The zero-order valence-corrected chi connectivity index (χ0v) is 8.30. The molecule has 0 radical (unpaired) electrons. The largest absolute Gasteiger partial charge is 0.330 e. The second-order valence-corrected chi connectivity index (χ2v) is 3.60. The maximum atomic E-state index is 5.84. The monoisotopic (exact) mass is 198 g/mol. The molecule has 0 bridgehead atoms. The van der Waals surface area contributed by atoms with E-state index in [1.165, 1.54) is 5.56 Å². The molecule has 0 aliphatic carbocycles. The van der Waals surface area contributed by atoms with Gasteiger partial charge < -0.3 is 11.5 Å². The van der Waals surface area contributed by atoms with Crippen LogP contribution in [0.3, 0.4) is 0 Å². The molecular formula is C10H15ClN2. The van der Waals surface area contributed by atoms with Crippen molar-refractivity contribution < 1.29 is 0 Å². The summed E-state index contributed by atoms with van der Waals surface area (Å²) in [5.74, 6) is 0. The minimum atomic E-state index is 0.158. The van der Waals surface area contributed by atoms with Crippen molar-refractivity contribution in [1.29, 1.82) is 0 Å². The number of benzene rings is 1. The van der Waals surface area contributed by atoms with Gasteiger partial charge in [-0.05, 0) is 37.1 Å². The Morgan fingerprint density at radius 1 is 1.23 bits per heavy atom. The van der Waals surface area contributed by atoms with Crippen molar-refractivity contribution in [2.75, 3.05) is 6.54 Å². The predicted octanol–water partition coefficient (Wildman–Crippen LogP) is 1.56. The quantitative estimate of drug-likeness (QED) is 0.772. The van der Waals surface area contributed by atoms with E-state index in [1.54, 1.807) is 0 Å². The summed E-state index contributed by atoms with van der Waals surface area (Å²) >= 11 is 5.76. The predicted molar refractivity (Wildman–Crippen MR) is 56.8 cm³/mol. The van der Waals surface area contributed by atoms with Crippen LogP contribution in [0.5, 0.6) is 0 Å². The Morgan fingerprint density at radius 2 is 1.85 bits per heavy atom. The summed E-state index contributed by atoms with van der Waals surface area (Å²) < 4.78 is 0. The molecule has 2 nitrogen and oxygen atoms in total. The lowest BCUT2D eigenvalue weighted by Gasteiger charge is -2.09. The van der Waals surface area contributed by atoms with Crippen molar-refractivity contribution >= 4 is 11.6 Å². The van der Waals surface area contributed by atoms with Gasteiger partial charge in [0.05, 0.1) is 0 Å². The van der Waals surface area contributed by atoms with Crippen LogP contribution in [0.15, 0.2) is 24.3 Å². The molecule has 1 unspecified atom stereocenters. The van der Waals surface area contributed by atoms with E-state index in [-0.39, 0.29) is 6.04 Å². The number of hydrogen-bond acceptors (Lipinski definition) is 2. The maximum Gasteiger partial charge on any atom is 0.0406 e. The summed E-state index contributed by atoms with van der Waals surface area (Å²) in [5, 5.41) is 0.760. The Labute approximate surface area is 83.9 Å². The first kappa shape index (κ1) is 10.5. The fourth-order valence-corrected chi connectivity index (χ4v) is 1.37. The van der Waals surface area contributed by atoms with E-state index in [4.69, 9.17) is 23.1 Å². The molecule has 0 saturated carbocycles. The molecule has 0 spiro atoms. The minimum Gasteiger partial charge on any atom is -0.330 e. The lowest BCUT2D eigenvalue weighted by atomic mass is 10.0. The summed E-state index contributed by atoms with van der Waals surface area (Å²) in [5.41, 5.74) is 12.5. The number of hydrogen-bond donors (Lipinski definition) is 2. The van der Waals surface area contributed by atoms with E-state index in [1.807, 2.05) is 24.3 Å². The van der Waals surface area contributed by atoms with Crippen LogP contribution in [0.25, 0.3) is 0 Å². The van der Waals surface area contributed by atoms with Crippen LogP contribution in [0.1, 0.15) is 12.0 Å². The van der Waals surface area contributed by atoms with Crippen molar-refractivity contribution in [3.8, 4) is 0 Å². The molecule has 1 atom stereocenters. The molecule has 0 amide bonds. The van der Waals surface area contributed by atoms with E-state index >= 15 is 0 Å². The first-order valence-electron chi connectivity index (χ1n) is 4.42. The molecule has 0 aliphatic heterocycles. The fraction of sp³-hybridized carbons (Fsp3) is 0.400. The Hall–Kier alpha value is -0.570. The van der Waals surface area contributed by atoms with Gasteiger partial charge in [0.1, 0.15) is 0 Å². The zero-order chi connectivity index (χ0) is 9.68. The van der Waals surface area contributed by atoms with E-state index in [0.717, 1.165) is 17.9 Å². The Bertz CT molecular complexity index is 246. The van der Waals surface area contributed by atoms with Gasteiger partial charge in [0.2, 0.25) is 0 Å². The third-order valence-corrected chi connectivity index (χ3v) is 2.20. The van der Waals surface area contributed by atoms with Gasteiger partial charge in [0.15, 0.2) is 0 Å². The molecule has 0 fully saturated rings. The molecule has 4 N–H and O–H groups in total. The molecule has 3 heteroatoms. The van der Waals surface area contributed by atoms with Crippen LogP contribution >= 0.6 is 11.6 Å². The molecule has 0 heterocycles. The summed E-state index contributed by atoms with van der Waals surface area (Å²) in [6, 6.07) is 7.92. The van der Waals surface area contributed by atoms with Crippen LogP contribution < -0.4 is 11.5 Å². The minimum absolute atomic E-state index is 0.158. The van der Waals surface area contributed by atoms with Gasteiger partial charge in [-0.25, -0.2) is 0 Å². The van der Waals surface area contributed by atoms with Gasteiger partial charge >= 0.3 is 0 Å². The van der Waals surface area contributed by atoms with E-state index in [9.17, 15) is 0 Å². The topological polar surface area (TPSA) is 52.0 Å². The highest BCUT2D eigenvalue weighted by Gasteiger charge is 2.02. The van der Waals surface area contributed by atoms with Crippen LogP contribution in [-0.4, -0.2) is 12.6 Å². The number of nitrogens with two attached hydrogens (primary N) is 2. The van der Waals surface area contributed by atoms with Crippen molar-refractivity contribution in [1.82, 2.24) is 0 Å². The van der Waals surface area contributed by atoms with Gasteiger partial charge in [-0.15, -0.1) is 0 Å². The highest BCUT2D eigenvalue weighted by molar-refractivity contribution is 6.30. The third-order valence-electron chi connectivity index (χ3n) is 1.95. The van der Waals surface area contributed by atoms with Crippen molar-refractivity contribution in [2.45, 2.75) is 18.9 Å². The first-order valence-corrected chi connectivity index (χ1v) is 4.80. The summed E-state index contributed by atoms with van der Waals surface area (Å²) in [4.78, 5) is 0. The van der Waals surface area contributed by atoms with Crippen LogP contribution in [0.4, 0.5) is 0 Å². The zero-order valence-electron chi connectivity index (χ0n) is 7.54. The van der Waals surface area contributed by atoms with Crippen molar-refractivity contribution in [2.24, 2.45) is 11.5 Å². The highest BCUT2D eigenvalue weighted by Crippen LogP contribution is 2.11. The van der Waals surface area contributed by atoms with Crippen molar-refractivity contribution in [3.63, 3.8) is 0 Å². The Morgan fingerprint density at radius 3 is 2.38 bits per heavy atom. The summed E-state index contributed by atoms with van der Waals surface area (Å²) in [7, 11) is 0. The number of rotatable bonds is 4. The van der Waals surface area contributed by atoms with Gasteiger partial charge in [0.25, 0.3) is 0 Å². The highest BCUT2D eigenvalue weighted by atomic mass is 35.5. The molecule has 0 saturated heterocycles. The van der Waals surface area contributed by atoms with E-state index in [2.05, 4.69) is 0 Å². The van der Waals surface area contributed by atoms with Gasteiger partial charge in [0, 0.05) is 11.1 Å². The third kappa shape index (κ3) is 3.77. The normalized spacial score (nSPS) is 12.8. The van der Waals surface area contributed by atoms with Crippen LogP contribution in [0, 0.1) is 0 Å². The molecule has 0 aliphatic rings. The van der Waals surface area contributed by atoms with E-state index in [0.29, 0.717) is 6.54 Å². The first-order chi connectivity index (χ1) is 6.22.